The van der Waals surface area contributed by atoms with Gasteiger partial charge in [-0.05, 0) is 29.2 Å². The van der Waals surface area contributed by atoms with Gasteiger partial charge in [0.2, 0.25) is 0 Å². The van der Waals surface area contributed by atoms with Crippen LogP contribution in [0.3, 0.4) is 0 Å². The number of piperazine rings is 1. The van der Waals surface area contributed by atoms with E-state index in [1.54, 1.807) is 0 Å². The summed E-state index contributed by atoms with van der Waals surface area (Å²) in [6, 6.07) is 14.4. The van der Waals surface area contributed by atoms with Crippen LogP contribution in [-0.2, 0) is 5.41 Å². The molecule has 5 heteroatoms. The molecule has 1 aliphatic rings. The van der Waals surface area contributed by atoms with Gasteiger partial charge in [0.1, 0.15) is 51.2 Å². The second kappa shape index (κ2) is 8.72. The van der Waals surface area contributed by atoms with E-state index in [0.29, 0.717) is 6.61 Å². The van der Waals surface area contributed by atoms with Crippen LogP contribution < -0.4 is 19.5 Å². The van der Waals surface area contributed by atoms with E-state index >= 15 is 0 Å². The number of ether oxygens (including phenoxy) is 1. The number of H-pyrrole nitrogens is 1. The molecule has 1 aromatic heterocycles. The molecule has 0 radical (unpaired) electrons. The van der Waals surface area contributed by atoms with E-state index in [1.165, 1.54) is 16.3 Å². The molecule has 1 fully saturated rings. The minimum absolute atomic E-state index is 0.140. The zero-order valence-corrected chi connectivity index (χ0v) is 16.7. The lowest BCUT2D eigenvalue weighted by Gasteiger charge is -2.29. The number of anilines is 1. The maximum atomic E-state index is 10.4. The molecule has 146 valence electrons. The summed E-state index contributed by atoms with van der Waals surface area (Å²) in [5.41, 5.74) is 1.43. The highest BCUT2D eigenvalue weighted by atomic mass is 16.5. The number of nitrogens with one attached hydrogen (secondary N) is 2. The highest BCUT2D eigenvalue weighted by Crippen LogP contribution is 2.24. The summed E-state index contributed by atoms with van der Waals surface area (Å²) in [5, 5.41) is 10.4. The van der Waals surface area contributed by atoms with Crippen molar-refractivity contribution in [1.82, 2.24) is 0 Å². The van der Waals surface area contributed by atoms with Crippen molar-refractivity contribution in [2.75, 3.05) is 44.2 Å². The molecule has 1 saturated heterocycles. The number of benzene rings is 1. The predicted molar refractivity (Wildman–Crippen MR) is 107 cm³/mol. The Labute approximate surface area is 162 Å². The first-order valence-electron chi connectivity index (χ1n) is 9.88. The topological polar surface area (TPSA) is 51.3 Å². The molecule has 1 atom stereocenters. The summed E-state index contributed by atoms with van der Waals surface area (Å²) in [6.45, 7) is 11.7. The molecule has 27 heavy (non-hydrogen) atoms. The number of aromatic amines is 1. The van der Waals surface area contributed by atoms with Gasteiger partial charge in [-0.3, -0.25) is 4.90 Å². The van der Waals surface area contributed by atoms with Gasteiger partial charge in [-0.15, -0.1) is 0 Å². The van der Waals surface area contributed by atoms with E-state index in [2.05, 4.69) is 54.9 Å². The molecule has 0 unspecified atom stereocenters. The molecule has 5 nitrogen and oxygen atoms in total. The third-order valence-corrected chi connectivity index (χ3v) is 5.19. The lowest BCUT2D eigenvalue weighted by Crippen LogP contribution is -3.16. The Kier molecular flexibility index (Phi) is 6.34. The Bertz CT molecular complexity index is 690. The van der Waals surface area contributed by atoms with Gasteiger partial charge in [0.25, 0.3) is 5.82 Å². The third kappa shape index (κ3) is 5.68. The SMILES string of the molecule is CC(C)(C)c1ccc(OC[C@H](O)C[NH+]2CCN(c3cccc[nH+]3)CC2)cc1. The molecule has 0 amide bonds. The monoisotopic (exact) mass is 371 g/mol. The lowest BCUT2D eigenvalue weighted by atomic mass is 9.87. The van der Waals surface area contributed by atoms with E-state index in [-0.39, 0.29) is 5.41 Å². The van der Waals surface area contributed by atoms with Gasteiger partial charge in [-0.1, -0.05) is 39.0 Å². The van der Waals surface area contributed by atoms with Crippen LogP contribution in [0.2, 0.25) is 0 Å². The van der Waals surface area contributed by atoms with Crippen molar-refractivity contribution >= 4 is 5.82 Å². The molecule has 0 aliphatic carbocycles. The van der Waals surface area contributed by atoms with Crippen LogP contribution in [0.15, 0.2) is 48.7 Å². The fourth-order valence-corrected chi connectivity index (χ4v) is 3.48. The average molecular weight is 372 g/mol. The maximum absolute atomic E-state index is 10.4. The first-order chi connectivity index (χ1) is 12.9. The Hall–Kier alpha value is -2.11. The van der Waals surface area contributed by atoms with Gasteiger partial charge in [-0.2, -0.15) is 0 Å². The van der Waals surface area contributed by atoms with E-state index in [4.69, 9.17) is 4.74 Å². The molecule has 2 aromatic rings. The van der Waals surface area contributed by atoms with E-state index in [1.807, 2.05) is 24.4 Å². The molecule has 3 rings (SSSR count). The Morgan fingerprint density at radius 3 is 2.41 bits per heavy atom. The standard InChI is InChI=1S/C22H31N3O2/c1-22(2,3)18-7-9-20(10-8-18)27-17-19(26)16-24-12-14-25(15-13-24)21-6-4-5-11-23-21/h4-11,19,26H,12-17H2,1-3H3/p+2/t19-/m1/s1. The zero-order valence-electron chi connectivity index (χ0n) is 16.7. The number of hydrogen-bond donors (Lipinski definition) is 2. The minimum Gasteiger partial charge on any atom is -0.491 e. The minimum atomic E-state index is -0.447. The largest absolute Gasteiger partial charge is 0.491 e. The van der Waals surface area contributed by atoms with E-state index in [9.17, 15) is 5.11 Å². The zero-order chi connectivity index (χ0) is 19.3. The van der Waals surface area contributed by atoms with Gasteiger partial charge >= 0.3 is 0 Å². The highest BCUT2D eigenvalue weighted by molar-refractivity contribution is 5.32. The fraction of sp³-hybridized carbons (Fsp3) is 0.500. The summed E-state index contributed by atoms with van der Waals surface area (Å²) in [5.74, 6) is 1.99. The van der Waals surface area contributed by atoms with Crippen molar-refractivity contribution in [3.05, 3.63) is 54.2 Å². The fourth-order valence-electron chi connectivity index (χ4n) is 3.48. The molecule has 0 saturated carbocycles. The normalized spacial score (nSPS) is 17.0. The first kappa shape index (κ1) is 19.6. The number of aromatic nitrogens is 1. The second-order valence-corrected chi connectivity index (χ2v) is 8.43. The summed E-state index contributed by atoms with van der Waals surface area (Å²) < 4.78 is 5.79. The van der Waals surface area contributed by atoms with Crippen molar-refractivity contribution < 1.29 is 19.7 Å². The van der Waals surface area contributed by atoms with Gasteiger partial charge < -0.3 is 14.7 Å². The molecular formula is C22H33N3O2+2. The van der Waals surface area contributed by atoms with Crippen molar-refractivity contribution in [1.29, 1.82) is 0 Å². The molecule has 1 aliphatic heterocycles. The van der Waals surface area contributed by atoms with Crippen LogP contribution in [0.1, 0.15) is 26.3 Å². The van der Waals surface area contributed by atoms with Gasteiger partial charge in [0, 0.05) is 6.07 Å². The van der Waals surface area contributed by atoms with E-state index in [0.717, 1.165) is 38.5 Å². The highest BCUT2D eigenvalue weighted by Gasteiger charge is 2.27. The maximum Gasteiger partial charge on any atom is 0.274 e. The first-order valence-corrected chi connectivity index (χ1v) is 9.88. The van der Waals surface area contributed by atoms with Crippen LogP contribution in [0.4, 0.5) is 5.82 Å². The second-order valence-electron chi connectivity index (χ2n) is 8.43. The number of aliphatic hydroxyl groups is 1. The van der Waals surface area contributed by atoms with Crippen LogP contribution in [-0.4, -0.2) is 50.5 Å². The summed E-state index contributed by atoms with van der Waals surface area (Å²) in [6.07, 6.45) is 1.51. The summed E-state index contributed by atoms with van der Waals surface area (Å²) >= 11 is 0. The molecule has 3 N–H and O–H groups in total. The number of aliphatic hydroxyl groups excluding tert-OH is 1. The number of pyridine rings is 1. The van der Waals surface area contributed by atoms with Gasteiger partial charge in [0.05, 0.1) is 6.20 Å². The smallest absolute Gasteiger partial charge is 0.274 e. The van der Waals surface area contributed by atoms with Crippen molar-refractivity contribution in [3.63, 3.8) is 0 Å². The van der Waals surface area contributed by atoms with Gasteiger partial charge in [-0.25, -0.2) is 4.98 Å². The Morgan fingerprint density at radius 1 is 1.11 bits per heavy atom. The van der Waals surface area contributed by atoms with Crippen LogP contribution >= 0.6 is 0 Å². The van der Waals surface area contributed by atoms with Gasteiger partial charge in [0.15, 0.2) is 0 Å². The lowest BCUT2D eigenvalue weighted by molar-refractivity contribution is -0.903. The Balaban J connectivity index is 1.40. The van der Waals surface area contributed by atoms with E-state index < -0.39 is 6.10 Å². The number of rotatable bonds is 6. The number of hydrogen-bond acceptors (Lipinski definition) is 3. The quantitative estimate of drug-likeness (QED) is 0.795. The number of quaternary nitrogens is 1. The summed E-state index contributed by atoms with van der Waals surface area (Å²) in [7, 11) is 0. The molecular weight excluding hydrogens is 338 g/mol. The molecule has 1 aromatic carbocycles. The van der Waals surface area contributed by atoms with Crippen molar-refractivity contribution in [2.45, 2.75) is 32.3 Å². The average Bonchev–Trinajstić information content (AvgIpc) is 2.67. The Morgan fingerprint density at radius 2 is 1.81 bits per heavy atom. The van der Waals surface area contributed by atoms with Crippen LogP contribution in [0.5, 0.6) is 5.75 Å². The summed E-state index contributed by atoms with van der Waals surface area (Å²) in [4.78, 5) is 7.09. The molecule has 0 bridgehead atoms. The predicted octanol–water partition coefficient (Wildman–Crippen LogP) is 0.943. The third-order valence-electron chi connectivity index (χ3n) is 5.19. The van der Waals surface area contributed by atoms with Crippen molar-refractivity contribution in [3.8, 4) is 5.75 Å². The van der Waals surface area contributed by atoms with Crippen molar-refractivity contribution in [2.24, 2.45) is 0 Å². The molecule has 2 heterocycles. The van der Waals surface area contributed by atoms with Crippen LogP contribution in [0.25, 0.3) is 0 Å². The van der Waals surface area contributed by atoms with Crippen LogP contribution in [0, 0.1) is 0 Å². The molecule has 0 spiro atoms. The number of nitrogens with zero attached hydrogens (tertiary/aromatic N) is 1.